The van der Waals surface area contributed by atoms with Gasteiger partial charge in [0.2, 0.25) is 0 Å². The van der Waals surface area contributed by atoms with Gasteiger partial charge in [0, 0.05) is 0 Å². The molecule has 1 heterocycles. The van der Waals surface area contributed by atoms with Crippen molar-refractivity contribution in [3.63, 3.8) is 0 Å². The Bertz CT molecular complexity index is 85.9. The van der Waals surface area contributed by atoms with Gasteiger partial charge in [-0.15, -0.1) is 0 Å². The summed E-state index contributed by atoms with van der Waals surface area (Å²) in [5, 5.41) is 10.3. The van der Waals surface area contributed by atoms with Crippen molar-refractivity contribution in [1.82, 2.24) is 0 Å². The van der Waals surface area contributed by atoms with Crippen molar-refractivity contribution in [2.75, 3.05) is 19.8 Å². The summed E-state index contributed by atoms with van der Waals surface area (Å²) in [7, 11) is 0. The van der Waals surface area contributed by atoms with E-state index in [4.69, 9.17) is 4.74 Å². The first-order valence-electron chi connectivity index (χ1n) is 3.09. The molecule has 2 heteroatoms. The summed E-state index contributed by atoms with van der Waals surface area (Å²) < 4.78 is 5.10. The smallest absolute Gasteiger partial charge is 0.0857 e. The molecule has 0 aromatic rings. The Morgan fingerprint density at radius 1 is 1.38 bits per heavy atom. The van der Waals surface area contributed by atoms with E-state index in [2.05, 4.69) is 0 Å². The van der Waals surface area contributed by atoms with Crippen LogP contribution < -0.4 is 0 Å². The largest absolute Gasteiger partial charge is 0.381 e. The molecule has 45 valence electrons. The molecule has 1 aliphatic heterocycles. The standard InChI is InChI=1S/C6H9O2/c7-1-4-5-2-8-3-6(4)5/h4-6H,1-3H2. The third kappa shape index (κ3) is 0.446. The Balaban J connectivity index is 1.94. The Morgan fingerprint density at radius 2 is 2.00 bits per heavy atom. The van der Waals surface area contributed by atoms with Gasteiger partial charge in [-0.2, -0.15) is 0 Å². The van der Waals surface area contributed by atoms with Crippen LogP contribution in [0.1, 0.15) is 0 Å². The maximum atomic E-state index is 10.3. The van der Waals surface area contributed by atoms with E-state index >= 15 is 0 Å². The molecule has 2 unspecified atom stereocenters. The van der Waals surface area contributed by atoms with Crippen LogP contribution in [0.5, 0.6) is 0 Å². The quantitative estimate of drug-likeness (QED) is 0.481. The van der Waals surface area contributed by atoms with Crippen LogP contribution in [0.15, 0.2) is 0 Å². The first-order chi connectivity index (χ1) is 3.93. The second kappa shape index (κ2) is 1.45. The zero-order valence-electron chi connectivity index (χ0n) is 4.67. The highest BCUT2D eigenvalue weighted by molar-refractivity contribution is 4.99. The van der Waals surface area contributed by atoms with Crippen LogP contribution in [-0.4, -0.2) is 19.8 Å². The molecule has 0 amide bonds. The van der Waals surface area contributed by atoms with Gasteiger partial charge in [0.05, 0.1) is 19.8 Å². The zero-order valence-corrected chi connectivity index (χ0v) is 4.67. The van der Waals surface area contributed by atoms with Crippen molar-refractivity contribution in [2.45, 2.75) is 0 Å². The van der Waals surface area contributed by atoms with Gasteiger partial charge in [-0.3, -0.25) is 0 Å². The zero-order chi connectivity index (χ0) is 5.56. The monoisotopic (exact) mass is 113 g/mol. The molecule has 2 nitrogen and oxygen atoms in total. The van der Waals surface area contributed by atoms with Gasteiger partial charge in [-0.25, -0.2) is 5.11 Å². The molecule has 1 aliphatic carbocycles. The molecular formula is C6H9O2. The minimum absolute atomic E-state index is 0.124. The van der Waals surface area contributed by atoms with E-state index in [0.717, 1.165) is 13.2 Å². The summed E-state index contributed by atoms with van der Waals surface area (Å²) in [5.41, 5.74) is 0. The summed E-state index contributed by atoms with van der Waals surface area (Å²) in [6, 6.07) is 0. The molecular weight excluding hydrogens is 104 g/mol. The second-order valence-corrected chi connectivity index (χ2v) is 2.70. The van der Waals surface area contributed by atoms with Crippen molar-refractivity contribution in [3.8, 4) is 0 Å². The van der Waals surface area contributed by atoms with Crippen LogP contribution in [0.3, 0.4) is 0 Å². The van der Waals surface area contributed by atoms with Gasteiger partial charge < -0.3 is 4.74 Å². The molecule has 0 bridgehead atoms. The number of fused-ring (bicyclic) bond motifs is 1. The Morgan fingerprint density at radius 3 is 2.38 bits per heavy atom. The van der Waals surface area contributed by atoms with E-state index in [1.54, 1.807) is 0 Å². The van der Waals surface area contributed by atoms with Gasteiger partial charge in [-0.1, -0.05) is 0 Å². The van der Waals surface area contributed by atoms with Gasteiger partial charge in [0.1, 0.15) is 0 Å². The van der Waals surface area contributed by atoms with Crippen LogP contribution >= 0.6 is 0 Å². The molecule has 0 N–H and O–H groups in total. The summed E-state index contributed by atoms with van der Waals surface area (Å²) in [5.74, 6) is 1.81. The molecule has 1 saturated carbocycles. The van der Waals surface area contributed by atoms with Gasteiger partial charge >= 0.3 is 0 Å². The summed E-state index contributed by atoms with van der Waals surface area (Å²) >= 11 is 0. The molecule has 0 aromatic heterocycles. The lowest BCUT2D eigenvalue weighted by molar-refractivity contribution is 0.110. The molecule has 0 aromatic carbocycles. The molecule has 8 heavy (non-hydrogen) atoms. The fourth-order valence-electron chi connectivity index (χ4n) is 1.61. The predicted molar refractivity (Wildman–Crippen MR) is 26.8 cm³/mol. The fourth-order valence-corrected chi connectivity index (χ4v) is 1.61. The highest BCUT2D eigenvalue weighted by Crippen LogP contribution is 2.50. The third-order valence-corrected chi connectivity index (χ3v) is 2.32. The van der Waals surface area contributed by atoms with E-state index < -0.39 is 0 Å². The van der Waals surface area contributed by atoms with Crippen molar-refractivity contribution < 1.29 is 9.84 Å². The minimum atomic E-state index is 0.124. The lowest BCUT2D eigenvalue weighted by Crippen LogP contribution is -1.99. The first-order valence-corrected chi connectivity index (χ1v) is 3.09. The lowest BCUT2D eigenvalue weighted by Gasteiger charge is -1.95. The van der Waals surface area contributed by atoms with E-state index in [1.165, 1.54) is 0 Å². The third-order valence-electron chi connectivity index (χ3n) is 2.32. The summed E-state index contributed by atoms with van der Waals surface area (Å²) in [6.07, 6.45) is 0. The Hall–Kier alpha value is -0.0800. The van der Waals surface area contributed by atoms with Crippen molar-refractivity contribution >= 4 is 0 Å². The topological polar surface area (TPSA) is 29.1 Å². The summed E-state index contributed by atoms with van der Waals surface area (Å²) in [4.78, 5) is 0. The average molecular weight is 113 g/mol. The van der Waals surface area contributed by atoms with Crippen LogP contribution in [0.4, 0.5) is 0 Å². The molecule has 0 spiro atoms. The van der Waals surface area contributed by atoms with Gasteiger partial charge in [0.25, 0.3) is 0 Å². The molecule has 1 saturated heterocycles. The van der Waals surface area contributed by atoms with Gasteiger partial charge in [-0.05, 0) is 17.8 Å². The molecule has 2 aliphatic rings. The maximum absolute atomic E-state index is 10.3. The SMILES string of the molecule is [O]CC1C2COCC12. The lowest BCUT2D eigenvalue weighted by atomic mass is 10.3. The van der Waals surface area contributed by atoms with Gasteiger partial charge in [0.15, 0.2) is 0 Å². The highest BCUT2D eigenvalue weighted by Gasteiger charge is 2.53. The number of rotatable bonds is 1. The average Bonchev–Trinajstić information content (AvgIpc) is 2.22. The predicted octanol–water partition coefficient (Wildman–Crippen LogP) is 0.309. The molecule has 1 radical (unpaired) electrons. The normalized spacial score (nSPS) is 51.4. The Kier molecular flexibility index (Phi) is 0.866. The molecule has 2 atom stereocenters. The molecule has 2 rings (SSSR count). The highest BCUT2D eigenvalue weighted by atomic mass is 16.5. The van der Waals surface area contributed by atoms with Crippen molar-refractivity contribution in [3.05, 3.63) is 0 Å². The van der Waals surface area contributed by atoms with E-state index in [1.807, 2.05) is 0 Å². The first kappa shape index (κ1) is 4.77. The number of hydrogen-bond donors (Lipinski definition) is 0. The molecule has 2 fully saturated rings. The number of ether oxygens (including phenoxy) is 1. The van der Waals surface area contributed by atoms with Crippen LogP contribution in [0.2, 0.25) is 0 Å². The van der Waals surface area contributed by atoms with E-state index in [9.17, 15) is 5.11 Å². The Labute approximate surface area is 48.5 Å². The fraction of sp³-hybridized carbons (Fsp3) is 1.00. The van der Waals surface area contributed by atoms with Crippen LogP contribution in [0.25, 0.3) is 0 Å². The van der Waals surface area contributed by atoms with Crippen LogP contribution in [0, 0.1) is 17.8 Å². The van der Waals surface area contributed by atoms with E-state index in [0.29, 0.717) is 17.8 Å². The van der Waals surface area contributed by atoms with Crippen molar-refractivity contribution in [1.29, 1.82) is 0 Å². The number of hydrogen-bond acceptors (Lipinski definition) is 1. The minimum Gasteiger partial charge on any atom is -0.381 e. The van der Waals surface area contributed by atoms with E-state index in [-0.39, 0.29) is 6.61 Å². The second-order valence-electron chi connectivity index (χ2n) is 2.70. The van der Waals surface area contributed by atoms with Crippen LogP contribution in [-0.2, 0) is 9.84 Å². The van der Waals surface area contributed by atoms with Crippen molar-refractivity contribution in [2.24, 2.45) is 17.8 Å². The maximum Gasteiger partial charge on any atom is 0.0857 e. The summed E-state index contributed by atoms with van der Waals surface area (Å²) in [6.45, 7) is 1.84.